The molecule has 0 radical (unpaired) electrons. The van der Waals surface area contributed by atoms with Gasteiger partial charge < -0.3 is 20.3 Å². The van der Waals surface area contributed by atoms with E-state index in [0.717, 1.165) is 48.3 Å². The number of aromatic nitrogens is 1. The van der Waals surface area contributed by atoms with Crippen LogP contribution in [0.4, 0.5) is 10.5 Å². The summed E-state index contributed by atoms with van der Waals surface area (Å²) in [7, 11) is 0. The number of nitrogens with zero attached hydrogens (tertiary/aromatic N) is 3. The van der Waals surface area contributed by atoms with Gasteiger partial charge in [-0.3, -0.25) is 4.90 Å². The lowest BCUT2D eigenvalue weighted by molar-refractivity contribution is 0.118. The minimum atomic E-state index is -0.202. The van der Waals surface area contributed by atoms with Crippen LogP contribution < -0.4 is 15.4 Å². The van der Waals surface area contributed by atoms with E-state index in [0.29, 0.717) is 30.9 Å². The third-order valence-electron chi connectivity index (χ3n) is 6.36. The van der Waals surface area contributed by atoms with Crippen molar-refractivity contribution in [1.82, 2.24) is 20.1 Å². The lowest BCUT2D eigenvalue weighted by Crippen LogP contribution is -2.55. The van der Waals surface area contributed by atoms with E-state index in [2.05, 4.69) is 56.4 Å². The molecule has 3 heterocycles. The summed E-state index contributed by atoms with van der Waals surface area (Å²) in [4.78, 5) is 21.8. The number of nitrogens with one attached hydrogen (secondary N) is 2. The number of carbonyl (C=O) groups excluding carboxylic acids is 1. The fourth-order valence-electron chi connectivity index (χ4n) is 4.58. The number of urea groups is 1. The van der Waals surface area contributed by atoms with Crippen LogP contribution in [-0.2, 0) is 6.42 Å². The van der Waals surface area contributed by atoms with Crippen molar-refractivity contribution in [3.8, 4) is 5.75 Å². The molecule has 4 rings (SSSR count). The highest BCUT2D eigenvalue weighted by Crippen LogP contribution is 2.30. The minimum absolute atomic E-state index is 0.0889. The number of benzene rings is 1. The van der Waals surface area contributed by atoms with E-state index < -0.39 is 0 Å². The maximum Gasteiger partial charge on any atom is 0.322 e. The average Bonchev–Trinajstić information content (AvgIpc) is 2.77. The van der Waals surface area contributed by atoms with Crippen molar-refractivity contribution >= 4 is 50.9 Å². The van der Waals surface area contributed by atoms with Crippen LogP contribution in [0.15, 0.2) is 34.8 Å². The van der Waals surface area contributed by atoms with Crippen molar-refractivity contribution in [1.29, 1.82) is 0 Å². The molecule has 2 unspecified atom stereocenters. The van der Waals surface area contributed by atoms with Gasteiger partial charge in [-0.1, -0.05) is 39.1 Å². The lowest BCUT2D eigenvalue weighted by atomic mass is 10.0. The summed E-state index contributed by atoms with van der Waals surface area (Å²) < 4.78 is 7.02. The summed E-state index contributed by atoms with van der Waals surface area (Å²) >= 11 is 15.6. The molecule has 7 nitrogen and oxygen atoms in total. The number of piperazine rings is 1. The Hall–Kier alpha value is -1.58. The number of hydrogen-bond donors (Lipinski definition) is 2. The van der Waals surface area contributed by atoms with Gasteiger partial charge in [0.2, 0.25) is 0 Å². The van der Waals surface area contributed by atoms with Crippen LogP contribution in [0.5, 0.6) is 5.75 Å². The van der Waals surface area contributed by atoms with Crippen LogP contribution in [0.2, 0.25) is 10.3 Å². The lowest BCUT2D eigenvalue weighted by Gasteiger charge is -2.39. The molecule has 34 heavy (non-hydrogen) atoms. The third-order valence-corrected chi connectivity index (χ3v) is 7.24. The van der Waals surface area contributed by atoms with Crippen molar-refractivity contribution in [2.75, 3.05) is 38.1 Å². The van der Waals surface area contributed by atoms with E-state index >= 15 is 0 Å². The molecule has 1 aromatic carbocycles. The maximum atomic E-state index is 13.4. The fraction of sp³-hybridized carbons (Fsp3) is 0.500. The minimum Gasteiger partial charge on any atom is -0.491 e. The average molecular weight is 571 g/mol. The van der Waals surface area contributed by atoms with E-state index in [-0.39, 0.29) is 22.4 Å². The second-order valence-corrected chi connectivity index (χ2v) is 10.7. The normalized spacial score (nSPS) is 22.6. The smallest absolute Gasteiger partial charge is 0.322 e. The highest BCUT2D eigenvalue weighted by atomic mass is 79.9. The summed E-state index contributed by atoms with van der Waals surface area (Å²) in [6.45, 7) is 8.43. The summed E-state index contributed by atoms with van der Waals surface area (Å²) in [5.74, 6) is 0.871. The van der Waals surface area contributed by atoms with Crippen LogP contribution in [0.25, 0.3) is 0 Å². The second-order valence-electron chi connectivity index (χ2n) is 9.05. The predicted molar refractivity (Wildman–Crippen MR) is 140 cm³/mol. The van der Waals surface area contributed by atoms with Crippen molar-refractivity contribution in [3.05, 3.63) is 50.7 Å². The van der Waals surface area contributed by atoms with Crippen molar-refractivity contribution in [2.24, 2.45) is 0 Å². The Morgan fingerprint density at radius 1 is 1.29 bits per heavy atom. The fourth-order valence-corrected chi connectivity index (χ4v) is 5.45. The zero-order valence-corrected chi connectivity index (χ0v) is 22.5. The molecule has 0 saturated carbocycles. The highest BCUT2D eigenvalue weighted by Gasteiger charge is 2.30. The van der Waals surface area contributed by atoms with Gasteiger partial charge >= 0.3 is 6.03 Å². The molecular formula is C24H30BrCl2N5O2. The topological polar surface area (TPSA) is 69.7 Å². The van der Waals surface area contributed by atoms with Crippen molar-refractivity contribution in [2.45, 2.75) is 44.8 Å². The highest BCUT2D eigenvalue weighted by molar-refractivity contribution is 9.10. The van der Waals surface area contributed by atoms with Gasteiger partial charge in [0.25, 0.3) is 0 Å². The third kappa shape index (κ3) is 6.55. The molecule has 2 aliphatic rings. The van der Waals surface area contributed by atoms with Crippen molar-refractivity contribution < 1.29 is 9.53 Å². The Morgan fingerprint density at radius 2 is 2.06 bits per heavy atom. The molecule has 0 aliphatic carbocycles. The molecule has 1 aromatic heterocycles. The Morgan fingerprint density at radius 3 is 2.82 bits per heavy atom. The molecule has 0 bridgehead atoms. The first kappa shape index (κ1) is 25.5. The molecule has 3 atom stereocenters. The Balaban J connectivity index is 1.47. The van der Waals surface area contributed by atoms with Crippen LogP contribution in [-0.4, -0.2) is 71.7 Å². The van der Waals surface area contributed by atoms with Gasteiger partial charge in [-0.2, -0.15) is 0 Å². The molecule has 10 heteroatoms. The molecule has 2 aliphatic heterocycles. The summed E-state index contributed by atoms with van der Waals surface area (Å²) in [5.41, 5.74) is 1.60. The van der Waals surface area contributed by atoms with Gasteiger partial charge in [-0.05, 0) is 62.6 Å². The number of halogens is 3. The van der Waals surface area contributed by atoms with Gasteiger partial charge in [0.05, 0.1) is 6.04 Å². The molecule has 184 valence electrons. The number of carbonyl (C=O) groups is 1. The quantitative estimate of drug-likeness (QED) is 0.475. The van der Waals surface area contributed by atoms with Crippen molar-refractivity contribution in [3.63, 3.8) is 0 Å². The first-order valence-corrected chi connectivity index (χ1v) is 13.1. The molecule has 0 spiro atoms. The van der Waals surface area contributed by atoms with E-state index in [1.54, 1.807) is 12.1 Å². The number of ether oxygens (including phenoxy) is 1. The molecule has 2 amide bonds. The van der Waals surface area contributed by atoms with Gasteiger partial charge in [-0.25, -0.2) is 9.78 Å². The number of rotatable bonds is 6. The number of hydrogen-bond acceptors (Lipinski definition) is 5. The molecular weight excluding hydrogens is 541 g/mol. The van der Waals surface area contributed by atoms with Crippen LogP contribution in [0.1, 0.15) is 25.8 Å². The number of pyridine rings is 1. The van der Waals surface area contributed by atoms with Crippen LogP contribution >= 0.6 is 39.1 Å². The molecule has 2 N–H and O–H groups in total. The Labute approximate surface area is 219 Å². The van der Waals surface area contributed by atoms with Gasteiger partial charge in [0.15, 0.2) is 0 Å². The van der Waals surface area contributed by atoms with Gasteiger partial charge in [0, 0.05) is 48.4 Å². The zero-order chi connectivity index (χ0) is 24.2. The van der Waals surface area contributed by atoms with E-state index in [1.165, 1.54) is 0 Å². The summed E-state index contributed by atoms with van der Waals surface area (Å²) in [5, 5.41) is 6.93. The molecule has 1 saturated heterocycles. The van der Waals surface area contributed by atoms with Crippen LogP contribution in [0.3, 0.4) is 0 Å². The predicted octanol–water partition coefficient (Wildman–Crippen LogP) is 5.06. The van der Waals surface area contributed by atoms with Gasteiger partial charge in [-0.15, -0.1) is 0 Å². The monoisotopic (exact) mass is 569 g/mol. The second kappa shape index (κ2) is 11.4. The first-order valence-electron chi connectivity index (χ1n) is 11.6. The first-order chi connectivity index (χ1) is 16.3. The zero-order valence-electron chi connectivity index (χ0n) is 19.4. The number of anilines is 1. The summed E-state index contributed by atoms with van der Waals surface area (Å²) in [6.07, 6.45) is 1.59. The standard InChI is InChI=1S/C24H30BrCl2N5O2/c1-15-13-31(16(2)12-28-15)6-3-7-32(24(33)29-19-10-22(26)30-23(27)11-19)20-9-17-8-18(25)4-5-21(17)34-14-20/h4-5,8,10-11,15-16,20,28H,3,6-7,9,12-14H2,1-2H3,(H,29,30,33)/t15?,16-,20?/m0/s1. The summed E-state index contributed by atoms with van der Waals surface area (Å²) in [6, 6.07) is 9.84. The van der Waals surface area contributed by atoms with E-state index in [1.807, 2.05) is 17.0 Å². The van der Waals surface area contributed by atoms with E-state index in [4.69, 9.17) is 27.9 Å². The Bertz CT molecular complexity index is 1010. The van der Waals surface area contributed by atoms with Gasteiger partial charge in [0.1, 0.15) is 22.7 Å². The molecule has 2 aromatic rings. The SMILES string of the molecule is CC1CN(CCCN(C(=O)Nc2cc(Cl)nc(Cl)c2)C2COc3ccc(Br)cc3C2)[C@@H](C)CN1. The maximum absolute atomic E-state index is 13.4. The molecule has 1 fully saturated rings. The van der Waals surface area contributed by atoms with E-state index in [9.17, 15) is 4.79 Å². The largest absolute Gasteiger partial charge is 0.491 e. The Kier molecular flexibility index (Phi) is 8.58. The number of amides is 2. The van der Waals surface area contributed by atoms with Crippen LogP contribution in [0, 0.1) is 0 Å². The number of fused-ring (bicyclic) bond motifs is 1.